The van der Waals surface area contributed by atoms with Gasteiger partial charge in [-0.15, -0.1) is 0 Å². The maximum Gasteiger partial charge on any atom is 0.251 e. The lowest BCUT2D eigenvalue weighted by Crippen LogP contribution is -2.50. The Balaban J connectivity index is 1.54. The van der Waals surface area contributed by atoms with Gasteiger partial charge in [-0.1, -0.05) is 57.2 Å². The van der Waals surface area contributed by atoms with Crippen LogP contribution in [-0.2, 0) is 23.3 Å². The molecule has 7 heteroatoms. The molecule has 0 aliphatic heterocycles. The Labute approximate surface area is 251 Å². The van der Waals surface area contributed by atoms with Crippen LogP contribution in [0, 0.1) is 0 Å². The number of rotatable bonds is 16. The van der Waals surface area contributed by atoms with Gasteiger partial charge in [0.2, 0.25) is 0 Å². The Hall–Kier alpha value is -3.39. The summed E-state index contributed by atoms with van der Waals surface area (Å²) in [7, 11) is 3.28. The van der Waals surface area contributed by atoms with Crippen molar-refractivity contribution in [2.24, 2.45) is 0 Å². The van der Waals surface area contributed by atoms with Crippen LogP contribution in [0.5, 0.6) is 5.75 Å². The molecule has 0 saturated heterocycles. The molecule has 0 unspecified atom stereocenters. The maximum atomic E-state index is 13.7. The number of methoxy groups -OCH3 is 2. The third-order valence-corrected chi connectivity index (χ3v) is 8.02. The van der Waals surface area contributed by atoms with Crippen molar-refractivity contribution in [3.05, 3.63) is 94.5 Å². The van der Waals surface area contributed by atoms with Gasteiger partial charge in [-0.05, 0) is 84.2 Å². The molecule has 0 radical (unpaired) electrons. The minimum atomic E-state index is -0.814. The molecule has 0 spiro atoms. The van der Waals surface area contributed by atoms with Crippen LogP contribution in [0.25, 0.3) is 0 Å². The lowest BCUT2D eigenvalue weighted by molar-refractivity contribution is 0.0822. The molecule has 1 fully saturated rings. The van der Waals surface area contributed by atoms with Crippen molar-refractivity contribution >= 4 is 11.6 Å². The standard InChI is InChI=1S/C35H47N3O4/c1-6-15-36-30-17-26(23-41-4)16-28(21-30)34(40)38-32(19-25-9-7-12-31(18-25)42-5)33(39)22-37-35(13-14-35)29-11-8-10-27(20-29)24(2)3/h7-12,16-18,20-21,24,32-33,36-37,39H,6,13-15,19,22-23H2,1-5H3,(H,38,40)/t32-,33+/m0/s1. The van der Waals surface area contributed by atoms with E-state index in [4.69, 9.17) is 9.47 Å². The van der Waals surface area contributed by atoms with Gasteiger partial charge >= 0.3 is 0 Å². The van der Waals surface area contributed by atoms with Gasteiger partial charge in [-0.2, -0.15) is 0 Å². The number of carbonyl (C=O) groups excluding carboxylic acids is 1. The summed E-state index contributed by atoms with van der Waals surface area (Å²) in [5.74, 6) is 0.963. The number of amides is 1. The highest BCUT2D eigenvalue weighted by molar-refractivity contribution is 5.95. The molecule has 1 saturated carbocycles. The quantitative estimate of drug-likeness (QED) is 0.174. The number of nitrogens with one attached hydrogen (secondary N) is 3. The van der Waals surface area contributed by atoms with Crippen LogP contribution in [0.15, 0.2) is 66.7 Å². The molecular formula is C35H47N3O4. The van der Waals surface area contributed by atoms with Crippen LogP contribution >= 0.6 is 0 Å². The van der Waals surface area contributed by atoms with Crippen LogP contribution < -0.4 is 20.7 Å². The van der Waals surface area contributed by atoms with Crippen LogP contribution in [0.1, 0.15) is 78.6 Å². The second-order valence-electron chi connectivity index (χ2n) is 11.7. The lowest BCUT2D eigenvalue weighted by atomic mass is 9.95. The van der Waals surface area contributed by atoms with E-state index in [9.17, 15) is 9.90 Å². The lowest BCUT2D eigenvalue weighted by Gasteiger charge is -2.28. The van der Waals surface area contributed by atoms with E-state index in [1.54, 1.807) is 14.2 Å². The van der Waals surface area contributed by atoms with E-state index in [2.05, 4.69) is 61.0 Å². The second kappa shape index (κ2) is 14.7. The van der Waals surface area contributed by atoms with E-state index in [1.165, 1.54) is 11.1 Å². The van der Waals surface area contributed by atoms with E-state index in [1.807, 2.05) is 42.5 Å². The minimum absolute atomic E-state index is 0.134. The Morgan fingerprint density at radius 1 is 1.00 bits per heavy atom. The van der Waals surface area contributed by atoms with Crippen LogP contribution in [-0.4, -0.2) is 50.5 Å². The first-order valence-corrected chi connectivity index (χ1v) is 15.1. The first-order valence-electron chi connectivity index (χ1n) is 15.1. The number of benzene rings is 3. The molecule has 4 N–H and O–H groups in total. The van der Waals surface area contributed by atoms with E-state index in [0.717, 1.165) is 48.4 Å². The highest BCUT2D eigenvalue weighted by Crippen LogP contribution is 2.46. The van der Waals surface area contributed by atoms with Gasteiger partial charge in [0.25, 0.3) is 5.91 Å². The Bertz CT molecular complexity index is 1320. The van der Waals surface area contributed by atoms with Gasteiger partial charge in [0.05, 0.1) is 25.9 Å². The van der Waals surface area contributed by atoms with Crippen molar-refractivity contribution < 1.29 is 19.4 Å². The molecule has 226 valence electrons. The Morgan fingerprint density at radius 2 is 1.79 bits per heavy atom. The average molecular weight is 574 g/mol. The van der Waals surface area contributed by atoms with E-state index in [0.29, 0.717) is 31.1 Å². The number of aliphatic hydroxyl groups is 1. The van der Waals surface area contributed by atoms with Crippen molar-refractivity contribution in [2.45, 2.75) is 76.7 Å². The number of ether oxygens (including phenoxy) is 2. The first kappa shape index (κ1) is 31.5. The van der Waals surface area contributed by atoms with Crippen molar-refractivity contribution in [3.63, 3.8) is 0 Å². The van der Waals surface area contributed by atoms with E-state index in [-0.39, 0.29) is 11.4 Å². The monoisotopic (exact) mass is 573 g/mol. The molecule has 7 nitrogen and oxygen atoms in total. The summed E-state index contributed by atoms with van der Waals surface area (Å²) in [6, 6.07) is 21.7. The van der Waals surface area contributed by atoms with Gasteiger partial charge in [0, 0.05) is 37.0 Å². The molecule has 0 heterocycles. The smallest absolute Gasteiger partial charge is 0.251 e. The van der Waals surface area contributed by atoms with Crippen molar-refractivity contribution in [1.29, 1.82) is 0 Å². The van der Waals surface area contributed by atoms with Crippen molar-refractivity contribution in [1.82, 2.24) is 10.6 Å². The molecule has 1 amide bonds. The van der Waals surface area contributed by atoms with Crippen LogP contribution in [0.3, 0.4) is 0 Å². The summed E-state index contributed by atoms with van der Waals surface area (Å²) in [6.45, 7) is 8.08. The first-order chi connectivity index (χ1) is 20.3. The number of carbonyl (C=O) groups is 1. The molecule has 0 bridgehead atoms. The molecule has 4 rings (SSSR count). The van der Waals surface area contributed by atoms with Crippen LogP contribution in [0.2, 0.25) is 0 Å². The third-order valence-electron chi connectivity index (χ3n) is 8.02. The number of hydrogen-bond donors (Lipinski definition) is 4. The van der Waals surface area contributed by atoms with Crippen LogP contribution in [0.4, 0.5) is 5.69 Å². The van der Waals surface area contributed by atoms with Gasteiger partial charge in [0.15, 0.2) is 0 Å². The molecule has 42 heavy (non-hydrogen) atoms. The third kappa shape index (κ3) is 8.34. The molecule has 1 aliphatic rings. The fourth-order valence-corrected chi connectivity index (χ4v) is 5.36. The maximum absolute atomic E-state index is 13.7. The summed E-state index contributed by atoms with van der Waals surface area (Å²) in [5, 5.41) is 21.7. The molecule has 3 aromatic rings. The van der Waals surface area contributed by atoms with Gasteiger partial charge < -0.3 is 30.5 Å². The summed E-state index contributed by atoms with van der Waals surface area (Å²) >= 11 is 0. The van der Waals surface area contributed by atoms with Gasteiger partial charge in [-0.3, -0.25) is 4.79 Å². The molecule has 0 aromatic heterocycles. The Morgan fingerprint density at radius 3 is 2.48 bits per heavy atom. The molecule has 2 atom stereocenters. The normalized spacial score (nSPS) is 15.2. The predicted molar refractivity (Wildman–Crippen MR) is 169 cm³/mol. The average Bonchev–Trinajstić information content (AvgIpc) is 3.80. The van der Waals surface area contributed by atoms with Gasteiger partial charge in [-0.25, -0.2) is 0 Å². The fraction of sp³-hybridized carbons (Fsp3) is 0.457. The van der Waals surface area contributed by atoms with Crippen molar-refractivity contribution in [3.8, 4) is 5.75 Å². The summed E-state index contributed by atoms with van der Waals surface area (Å²) in [6.07, 6.45) is 2.66. The molecular weight excluding hydrogens is 526 g/mol. The summed E-state index contributed by atoms with van der Waals surface area (Å²) in [5.41, 5.74) is 5.73. The predicted octanol–water partition coefficient (Wildman–Crippen LogP) is 5.77. The zero-order chi connectivity index (χ0) is 30.1. The highest BCUT2D eigenvalue weighted by Gasteiger charge is 2.44. The number of anilines is 1. The second-order valence-corrected chi connectivity index (χ2v) is 11.7. The SMILES string of the molecule is CCCNc1cc(COC)cc(C(=O)N[C@@H](Cc2cccc(OC)c2)[C@H](O)CNC2(c3cccc(C(C)C)c3)CC2)c1. The number of aliphatic hydroxyl groups excluding tert-OH is 1. The zero-order valence-electron chi connectivity index (χ0n) is 25.7. The summed E-state index contributed by atoms with van der Waals surface area (Å²) < 4.78 is 10.8. The van der Waals surface area contributed by atoms with Crippen molar-refractivity contribution in [2.75, 3.05) is 32.6 Å². The highest BCUT2D eigenvalue weighted by atomic mass is 16.5. The fourth-order valence-electron chi connectivity index (χ4n) is 5.36. The number of hydrogen-bond acceptors (Lipinski definition) is 6. The molecule has 1 aliphatic carbocycles. The van der Waals surface area contributed by atoms with E-state index >= 15 is 0 Å². The largest absolute Gasteiger partial charge is 0.497 e. The Kier molecular flexibility index (Phi) is 11.0. The van der Waals surface area contributed by atoms with Gasteiger partial charge in [0.1, 0.15) is 5.75 Å². The van der Waals surface area contributed by atoms with E-state index < -0.39 is 12.1 Å². The zero-order valence-corrected chi connectivity index (χ0v) is 25.7. The minimum Gasteiger partial charge on any atom is -0.497 e. The summed E-state index contributed by atoms with van der Waals surface area (Å²) in [4.78, 5) is 13.7. The molecule has 3 aromatic carbocycles. The topological polar surface area (TPSA) is 91.9 Å².